The van der Waals surface area contributed by atoms with Gasteiger partial charge in [-0.25, -0.2) is 0 Å². The van der Waals surface area contributed by atoms with Crippen LogP contribution in [0.3, 0.4) is 0 Å². The Balaban J connectivity index is 2.08. The first-order valence-corrected chi connectivity index (χ1v) is 9.59. The molecule has 2 amide bonds. The van der Waals surface area contributed by atoms with Gasteiger partial charge in [0.1, 0.15) is 11.8 Å². The SMILES string of the molecule is COc1ccc(Br)cc1CNC(=O)C(NC(=O)c1ccccc1C)C(C)C. The molecule has 0 saturated carbocycles. The standard InChI is InChI=1S/C21H25BrN2O3/c1-13(2)19(24-20(25)17-8-6-5-7-14(17)3)21(26)23-12-15-11-16(22)9-10-18(15)27-4/h5-11,13,19H,12H2,1-4H3,(H,23,26)(H,24,25). The van der Waals surface area contributed by atoms with Crippen molar-refractivity contribution in [2.75, 3.05) is 7.11 Å². The lowest BCUT2D eigenvalue weighted by molar-refractivity contribution is -0.124. The van der Waals surface area contributed by atoms with Gasteiger partial charge in [-0.3, -0.25) is 9.59 Å². The monoisotopic (exact) mass is 432 g/mol. The van der Waals surface area contributed by atoms with E-state index in [1.165, 1.54) is 0 Å². The molecule has 0 saturated heterocycles. The summed E-state index contributed by atoms with van der Waals surface area (Å²) >= 11 is 3.42. The van der Waals surface area contributed by atoms with E-state index < -0.39 is 6.04 Å². The number of aryl methyl sites for hydroxylation is 1. The van der Waals surface area contributed by atoms with Crippen molar-refractivity contribution in [2.24, 2.45) is 5.92 Å². The van der Waals surface area contributed by atoms with Crippen molar-refractivity contribution < 1.29 is 14.3 Å². The van der Waals surface area contributed by atoms with Crippen LogP contribution in [0.4, 0.5) is 0 Å². The van der Waals surface area contributed by atoms with Crippen LogP contribution < -0.4 is 15.4 Å². The molecule has 2 aromatic rings. The maximum Gasteiger partial charge on any atom is 0.252 e. The van der Waals surface area contributed by atoms with Crippen molar-refractivity contribution in [3.63, 3.8) is 0 Å². The van der Waals surface area contributed by atoms with E-state index in [1.54, 1.807) is 13.2 Å². The van der Waals surface area contributed by atoms with Crippen molar-refractivity contribution in [3.05, 3.63) is 63.6 Å². The third kappa shape index (κ3) is 5.57. The molecule has 27 heavy (non-hydrogen) atoms. The Bertz CT molecular complexity index is 821. The van der Waals surface area contributed by atoms with Gasteiger partial charge in [0.25, 0.3) is 5.91 Å². The van der Waals surface area contributed by atoms with Crippen molar-refractivity contribution in [1.82, 2.24) is 10.6 Å². The Kier molecular flexibility index (Phi) is 7.42. The van der Waals surface area contributed by atoms with Crippen LogP contribution in [-0.4, -0.2) is 25.0 Å². The first-order chi connectivity index (χ1) is 12.8. The number of carbonyl (C=O) groups excluding carboxylic acids is 2. The highest BCUT2D eigenvalue weighted by Gasteiger charge is 2.25. The third-order valence-corrected chi connectivity index (χ3v) is 4.81. The summed E-state index contributed by atoms with van der Waals surface area (Å²) in [6.45, 7) is 5.99. The first-order valence-electron chi connectivity index (χ1n) is 8.80. The molecule has 0 bridgehead atoms. The highest BCUT2D eigenvalue weighted by molar-refractivity contribution is 9.10. The normalized spacial score (nSPS) is 11.8. The Labute approximate surface area is 168 Å². The molecule has 0 aliphatic heterocycles. The number of carbonyl (C=O) groups is 2. The molecular formula is C21H25BrN2O3. The summed E-state index contributed by atoms with van der Waals surface area (Å²) < 4.78 is 6.24. The lowest BCUT2D eigenvalue weighted by atomic mass is 10.0. The number of amides is 2. The van der Waals surface area contributed by atoms with Gasteiger partial charge in [0.05, 0.1) is 7.11 Å². The molecule has 144 valence electrons. The Morgan fingerprint density at radius 1 is 1.15 bits per heavy atom. The number of rotatable bonds is 7. The van der Waals surface area contributed by atoms with Crippen molar-refractivity contribution in [1.29, 1.82) is 0 Å². The molecule has 5 nitrogen and oxygen atoms in total. The quantitative estimate of drug-likeness (QED) is 0.698. The minimum atomic E-state index is -0.629. The zero-order chi connectivity index (χ0) is 20.0. The smallest absolute Gasteiger partial charge is 0.252 e. The average Bonchev–Trinajstić information content (AvgIpc) is 2.64. The number of hydrogen-bond donors (Lipinski definition) is 2. The predicted octanol–water partition coefficient (Wildman–Crippen LogP) is 3.84. The fourth-order valence-electron chi connectivity index (χ4n) is 2.76. The van der Waals surface area contributed by atoms with Gasteiger partial charge < -0.3 is 15.4 Å². The highest BCUT2D eigenvalue weighted by Crippen LogP contribution is 2.22. The van der Waals surface area contributed by atoms with Crippen molar-refractivity contribution in [2.45, 2.75) is 33.4 Å². The molecule has 0 heterocycles. The van der Waals surface area contributed by atoms with Crippen LogP contribution >= 0.6 is 15.9 Å². The number of nitrogens with one attached hydrogen (secondary N) is 2. The van der Waals surface area contributed by atoms with Gasteiger partial charge in [0, 0.05) is 22.1 Å². The van der Waals surface area contributed by atoms with Gasteiger partial charge in [-0.15, -0.1) is 0 Å². The van der Waals surface area contributed by atoms with E-state index in [0.717, 1.165) is 15.6 Å². The predicted molar refractivity (Wildman–Crippen MR) is 110 cm³/mol. The molecule has 0 radical (unpaired) electrons. The Hall–Kier alpha value is -2.34. The van der Waals surface area contributed by atoms with Gasteiger partial charge in [-0.1, -0.05) is 48.0 Å². The van der Waals surface area contributed by atoms with E-state index in [9.17, 15) is 9.59 Å². The van der Waals surface area contributed by atoms with Crippen LogP contribution in [0.5, 0.6) is 5.75 Å². The van der Waals surface area contributed by atoms with Crippen LogP contribution in [0.2, 0.25) is 0 Å². The number of methoxy groups -OCH3 is 1. The fourth-order valence-corrected chi connectivity index (χ4v) is 3.17. The molecule has 6 heteroatoms. The second-order valence-electron chi connectivity index (χ2n) is 6.68. The van der Waals surface area contributed by atoms with Crippen molar-refractivity contribution >= 4 is 27.7 Å². The van der Waals surface area contributed by atoms with E-state index in [0.29, 0.717) is 17.9 Å². The van der Waals surface area contributed by atoms with E-state index in [2.05, 4.69) is 26.6 Å². The summed E-state index contributed by atoms with van der Waals surface area (Å²) in [5, 5.41) is 5.76. The summed E-state index contributed by atoms with van der Waals surface area (Å²) in [5.41, 5.74) is 2.30. The maximum absolute atomic E-state index is 12.7. The largest absolute Gasteiger partial charge is 0.496 e. The summed E-state index contributed by atoms with van der Waals surface area (Å²) in [4.78, 5) is 25.3. The summed E-state index contributed by atoms with van der Waals surface area (Å²) in [6, 6.07) is 12.3. The third-order valence-electron chi connectivity index (χ3n) is 4.32. The lowest BCUT2D eigenvalue weighted by Crippen LogP contribution is -2.49. The maximum atomic E-state index is 12.7. The van der Waals surface area contributed by atoms with E-state index in [1.807, 2.05) is 57.2 Å². The van der Waals surface area contributed by atoms with Gasteiger partial charge in [0.2, 0.25) is 5.91 Å². The number of halogens is 1. The molecule has 2 aromatic carbocycles. The van der Waals surface area contributed by atoms with Gasteiger partial charge in [-0.05, 0) is 42.7 Å². The topological polar surface area (TPSA) is 67.4 Å². The minimum Gasteiger partial charge on any atom is -0.496 e. The van der Waals surface area contributed by atoms with Crippen molar-refractivity contribution in [3.8, 4) is 5.75 Å². The zero-order valence-electron chi connectivity index (χ0n) is 16.0. The summed E-state index contributed by atoms with van der Waals surface area (Å²) in [6.07, 6.45) is 0. The molecular weight excluding hydrogens is 408 g/mol. The van der Waals surface area contributed by atoms with Crippen LogP contribution in [-0.2, 0) is 11.3 Å². The molecule has 0 fully saturated rings. The second-order valence-corrected chi connectivity index (χ2v) is 7.60. The highest BCUT2D eigenvalue weighted by atomic mass is 79.9. The molecule has 0 aliphatic rings. The molecule has 1 atom stereocenters. The first kappa shape index (κ1) is 21.0. The molecule has 1 unspecified atom stereocenters. The Morgan fingerprint density at radius 3 is 2.48 bits per heavy atom. The molecule has 0 spiro atoms. The number of benzene rings is 2. The number of ether oxygens (including phenoxy) is 1. The second kappa shape index (κ2) is 9.55. The molecule has 2 rings (SSSR count). The average molecular weight is 433 g/mol. The van der Waals surface area contributed by atoms with Crippen LogP contribution in [0.15, 0.2) is 46.9 Å². The van der Waals surface area contributed by atoms with Crippen LogP contribution in [0, 0.1) is 12.8 Å². The summed E-state index contributed by atoms with van der Waals surface area (Å²) in [7, 11) is 1.59. The lowest BCUT2D eigenvalue weighted by Gasteiger charge is -2.22. The molecule has 0 aliphatic carbocycles. The van der Waals surface area contributed by atoms with E-state index in [-0.39, 0.29) is 17.7 Å². The van der Waals surface area contributed by atoms with Gasteiger partial charge in [-0.2, -0.15) is 0 Å². The minimum absolute atomic E-state index is 0.0534. The van der Waals surface area contributed by atoms with Gasteiger partial charge in [0.15, 0.2) is 0 Å². The summed E-state index contributed by atoms with van der Waals surface area (Å²) in [5.74, 6) is 0.168. The molecule has 2 N–H and O–H groups in total. The Morgan fingerprint density at radius 2 is 1.85 bits per heavy atom. The zero-order valence-corrected chi connectivity index (χ0v) is 17.6. The fraction of sp³-hybridized carbons (Fsp3) is 0.333. The van der Waals surface area contributed by atoms with Crippen LogP contribution in [0.1, 0.15) is 35.3 Å². The number of hydrogen-bond acceptors (Lipinski definition) is 3. The molecule has 0 aromatic heterocycles. The van der Waals surface area contributed by atoms with Crippen LogP contribution in [0.25, 0.3) is 0 Å². The van der Waals surface area contributed by atoms with Gasteiger partial charge >= 0.3 is 0 Å². The van der Waals surface area contributed by atoms with E-state index in [4.69, 9.17) is 4.74 Å². The van der Waals surface area contributed by atoms with E-state index >= 15 is 0 Å².